The Hall–Kier alpha value is -3.07. The molecule has 1 unspecified atom stereocenters. The van der Waals surface area contributed by atoms with Crippen LogP contribution < -0.4 is 5.43 Å². The Labute approximate surface area is 170 Å². The molecule has 0 saturated heterocycles. The Morgan fingerprint density at radius 2 is 1.83 bits per heavy atom. The van der Waals surface area contributed by atoms with Gasteiger partial charge in [0.05, 0.1) is 10.9 Å². The first-order chi connectivity index (χ1) is 14.1. The summed E-state index contributed by atoms with van der Waals surface area (Å²) < 4.78 is 57.2. The number of carboxylic acids is 1. The van der Waals surface area contributed by atoms with Gasteiger partial charge >= 0.3 is 5.97 Å². The molecule has 6 nitrogen and oxygen atoms in total. The monoisotopic (exact) mass is 433 g/mol. The van der Waals surface area contributed by atoms with Gasteiger partial charge in [0.25, 0.3) is 0 Å². The van der Waals surface area contributed by atoms with Crippen LogP contribution in [0, 0.1) is 11.6 Å². The van der Waals surface area contributed by atoms with E-state index < -0.39 is 54.6 Å². The molecule has 30 heavy (non-hydrogen) atoms. The predicted molar refractivity (Wildman–Crippen MR) is 106 cm³/mol. The lowest BCUT2D eigenvalue weighted by Gasteiger charge is -2.20. The molecule has 1 aliphatic rings. The maximum Gasteiger partial charge on any atom is 0.341 e. The number of hydrogen-bond donors (Lipinski definition) is 1. The fourth-order valence-corrected chi connectivity index (χ4v) is 5.04. The summed E-state index contributed by atoms with van der Waals surface area (Å²) in [4.78, 5) is 24.0. The van der Waals surface area contributed by atoms with E-state index in [4.69, 9.17) is 0 Å². The van der Waals surface area contributed by atoms with Gasteiger partial charge < -0.3 is 9.67 Å². The van der Waals surface area contributed by atoms with Crippen LogP contribution in [0.5, 0.6) is 0 Å². The van der Waals surface area contributed by atoms with Crippen LogP contribution in [0.1, 0.15) is 45.6 Å². The van der Waals surface area contributed by atoms with E-state index in [1.165, 1.54) is 16.7 Å². The van der Waals surface area contributed by atoms with Crippen molar-refractivity contribution in [3.63, 3.8) is 0 Å². The molecule has 9 heteroatoms. The average Bonchev–Trinajstić information content (AvgIpc) is 3.50. The quantitative estimate of drug-likeness (QED) is 0.665. The summed E-state index contributed by atoms with van der Waals surface area (Å²) in [7, 11) is -4.00. The third kappa shape index (κ3) is 3.28. The van der Waals surface area contributed by atoms with Crippen molar-refractivity contribution in [1.29, 1.82) is 0 Å². The zero-order valence-corrected chi connectivity index (χ0v) is 16.6. The minimum Gasteiger partial charge on any atom is -0.477 e. The number of halogens is 2. The molecule has 1 fully saturated rings. The summed E-state index contributed by atoms with van der Waals surface area (Å²) in [5.74, 6) is -3.90. The standard InChI is InChI=1S/C21H17F2NO5S/c1-30(28,29)20(11-5-3-2-4-6-11)16-15(22)9-13-18(17(16)23)24(12-7-8-12)10-14(19(13)25)21(26)27/h2-6,9-10,12,20H,7-8H2,1H3,(H,26,27). The molecule has 1 aromatic heterocycles. The van der Waals surface area contributed by atoms with Gasteiger partial charge in [-0.15, -0.1) is 0 Å². The second-order valence-electron chi connectivity index (χ2n) is 7.42. The minimum atomic E-state index is -4.00. The van der Waals surface area contributed by atoms with E-state index in [0.29, 0.717) is 12.8 Å². The number of hydrogen-bond acceptors (Lipinski definition) is 4. The van der Waals surface area contributed by atoms with Gasteiger partial charge in [0, 0.05) is 24.1 Å². The van der Waals surface area contributed by atoms with Crippen LogP contribution >= 0.6 is 0 Å². The minimum absolute atomic E-state index is 0.180. The van der Waals surface area contributed by atoms with Crippen LogP contribution in [0.4, 0.5) is 8.78 Å². The highest BCUT2D eigenvalue weighted by Gasteiger charge is 2.35. The highest BCUT2D eigenvalue weighted by molar-refractivity contribution is 7.91. The summed E-state index contributed by atoms with van der Waals surface area (Å²) in [6, 6.07) is 8.17. The van der Waals surface area contributed by atoms with Gasteiger partial charge in [-0.1, -0.05) is 30.3 Å². The molecular weight excluding hydrogens is 416 g/mol. The molecule has 3 aromatic rings. The average molecular weight is 433 g/mol. The molecule has 1 atom stereocenters. The van der Waals surface area contributed by atoms with Crippen molar-refractivity contribution in [2.75, 3.05) is 6.26 Å². The van der Waals surface area contributed by atoms with Gasteiger partial charge in [0.1, 0.15) is 16.6 Å². The number of benzene rings is 2. The number of pyridine rings is 1. The van der Waals surface area contributed by atoms with Gasteiger partial charge in [-0.25, -0.2) is 22.0 Å². The fraction of sp³-hybridized carbons (Fsp3) is 0.238. The SMILES string of the molecule is CS(=O)(=O)C(c1ccccc1)c1c(F)cc2c(=O)c(C(=O)O)cn(C3CC3)c2c1F. The number of nitrogens with zero attached hydrogens (tertiary/aromatic N) is 1. The Morgan fingerprint density at radius 3 is 2.37 bits per heavy atom. The van der Waals surface area contributed by atoms with E-state index >= 15 is 8.78 Å². The van der Waals surface area contributed by atoms with Crippen LogP contribution in [-0.4, -0.2) is 30.3 Å². The van der Waals surface area contributed by atoms with Gasteiger partial charge in [0.2, 0.25) is 5.43 Å². The molecule has 1 heterocycles. The first kappa shape index (κ1) is 20.2. The maximum atomic E-state index is 15.7. The smallest absolute Gasteiger partial charge is 0.341 e. The Morgan fingerprint density at radius 1 is 1.20 bits per heavy atom. The van der Waals surface area contributed by atoms with Crippen molar-refractivity contribution < 1.29 is 27.1 Å². The van der Waals surface area contributed by atoms with Gasteiger partial charge in [-0.2, -0.15) is 0 Å². The second kappa shape index (κ2) is 7.02. The molecule has 1 aliphatic carbocycles. The van der Waals surface area contributed by atoms with E-state index in [9.17, 15) is 23.1 Å². The van der Waals surface area contributed by atoms with E-state index in [0.717, 1.165) is 18.5 Å². The number of carbonyl (C=O) groups is 1. The Kier molecular flexibility index (Phi) is 4.73. The molecule has 0 bridgehead atoms. The summed E-state index contributed by atoms with van der Waals surface area (Å²) in [5.41, 5.74) is -2.40. The lowest BCUT2D eigenvalue weighted by Crippen LogP contribution is -2.22. The predicted octanol–water partition coefficient (Wildman–Crippen LogP) is 3.45. The molecule has 0 spiro atoms. The van der Waals surface area contributed by atoms with Crippen molar-refractivity contribution in [3.05, 3.63) is 81.1 Å². The molecule has 4 rings (SSSR count). The normalized spacial score (nSPS) is 15.3. The molecule has 1 N–H and O–H groups in total. The van der Waals surface area contributed by atoms with Crippen LogP contribution in [-0.2, 0) is 9.84 Å². The lowest BCUT2D eigenvalue weighted by atomic mass is 10.00. The van der Waals surface area contributed by atoms with Crippen molar-refractivity contribution in [2.24, 2.45) is 0 Å². The van der Waals surface area contributed by atoms with Crippen LogP contribution in [0.2, 0.25) is 0 Å². The number of aromatic carboxylic acids is 1. The van der Waals surface area contributed by atoms with Crippen LogP contribution in [0.3, 0.4) is 0 Å². The number of carboxylic acid groups (broad SMARTS) is 1. The summed E-state index contributed by atoms with van der Waals surface area (Å²) >= 11 is 0. The summed E-state index contributed by atoms with van der Waals surface area (Å²) in [5, 5.41) is 7.26. The number of sulfone groups is 1. The fourth-order valence-electron chi connectivity index (χ4n) is 3.75. The third-order valence-corrected chi connectivity index (χ3v) is 6.57. The first-order valence-corrected chi connectivity index (χ1v) is 11.1. The van der Waals surface area contributed by atoms with E-state index in [2.05, 4.69) is 0 Å². The van der Waals surface area contributed by atoms with E-state index in [1.807, 2.05) is 0 Å². The van der Waals surface area contributed by atoms with Gasteiger partial charge in [-0.3, -0.25) is 4.79 Å². The Bertz CT molecular complexity index is 1350. The van der Waals surface area contributed by atoms with Crippen molar-refractivity contribution in [3.8, 4) is 0 Å². The maximum absolute atomic E-state index is 15.7. The Balaban J connectivity index is 2.12. The molecule has 0 amide bonds. The van der Waals surface area contributed by atoms with Crippen molar-refractivity contribution in [1.82, 2.24) is 4.57 Å². The number of aromatic nitrogens is 1. The molecule has 0 aliphatic heterocycles. The summed E-state index contributed by atoms with van der Waals surface area (Å²) in [6.45, 7) is 0. The van der Waals surface area contributed by atoms with Gasteiger partial charge in [-0.05, 0) is 24.5 Å². The van der Waals surface area contributed by atoms with E-state index in [-0.39, 0.29) is 17.1 Å². The van der Waals surface area contributed by atoms with Crippen LogP contribution in [0.25, 0.3) is 10.9 Å². The van der Waals surface area contributed by atoms with Crippen LogP contribution in [0.15, 0.2) is 47.4 Å². The topological polar surface area (TPSA) is 93.4 Å². The lowest BCUT2D eigenvalue weighted by molar-refractivity contribution is 0.0694. The van der Waals surface area contributed by atoms with Crippen molar-refractivity contribution >= 4 is 26.7 Å². The molecule has 1 saturated carbocycles. The second-order valence-corrected chi connectivity index (χ2v) is 9.55. The molecular formula is C21H17F2NO5S. The highest BCUT2D eigenvalue weighted by atomic mass is 32.2. The zero-order chi connectivity index (χ0) is 21.8. The first-order valence-electron chi connectivity index (χ1n) is 9.15. The largest absolute Gasteiger partial charge is 0.477 e. The molecule has 156 valence electrons. The van der Waals surface area contributed by atoms with E-state index in [1.54, 1.807) is 18.2 Å². The third-order valence-electron chi connectivity index (χ3n) is 5.21. The summed E-state index contributed by atoms with van der Waals surface area (Å²) in [6.07, 6.45) is 3.21. The zero-order valence-electron chi connectivity index (χ0n) is 15.8. The highest BCUT2D eigenvalue weighted by Crippen LogP contribution is 2.40. The number of fused-ring (bicyclic) bond motifs is 1. The molecule has 2 aromatic carbocycles. The van der Waals surface area contributed by atoms with Gasteiger partial charge in [0.15, 0.2) is 15.7 Å². The number of rotatable bonds is 5. The van der Waals surface area contributed by atoms with Crippen molar-refractivity contribution in [2.45, 2.75) is 24.1 Å². The molecule has 0 radical (unpaired) electrons.